The number of rotatable bonds is 6. The minimum absolute atomic E-state index is 0.0815. The van der Waals surface area contributed by atoms with Gasteiger partial charge in [0.15, 0.2) is 0 Å². The predicted octanol–water partition coefficient (Wildman–Crippen LogP) is 3.94. The van der Waals surface area contributed by atoms with Crippen LogP contribution >= 0.6 is 0 Å². The highest BCUT2D eigenvalue weighted by Crippen LogP contribution is 2.27. The Morgan fingerprint density at radius 1 is 1.00 bits per heavy atom. The van der Waals surface area contributed by atoms with Crippen molar-refractivity contribution in [3.8, 4) is 0 Å². The molecule has 1 atom stereocenters. The van der Waals surface area contributed by atoms with Gasteiger partial charge in [-0.3, -0.25) is 9.59 Å². The van der Waals surface area contributed by atoms with Gasteiger partial charge in [-0.15, -0.1) is 0 Å². The Morgan fingerprint density at radius 3 is 2.44 bits per heavy atom. The summed E-state index contributed by atoms with van der Waals surface area (Å²) < 4.78 is 16.4. The fourth-order valence-corrected chi connectivity index (χ4v) is 5.28. The molecule has 32 heavy (non-hydrogen) atoms. The monoisotopic (exact) mass is 449 g/mol. The molecule has 2 N–H and O–H groups in total. The van der Waals surface area contributed by atoms with E-state index in [1.165, 1.54) is 0 Å². The van der Waals surface area contributed by atoms with Crippen molar-refractivity contribution in [1.82, 2.24) is 9.62 Å². The molecule has 0 saturated carbocycles. The molecule has 3 aromatic carbocycles. The number of fused-ring (bicyclic) bond motifs is 1. The number of carbonyl (C=O) groups excluding carboxylic acids is 2. The SMILES string of the molecule is Cc1cccc(NC(=O)c2ccc(S(=O)NC3CCN(C=O)CC3)c3ccccc23)c1C. The number of likely N-dealkylation sites (tertiary alicyclic amines) is 1. The van der Waals surface area contributed by atoms with Crippen molar-refractivity contribution in [1.29, 1.82) is 0 Å². The van der Waals surface area contributed by atoms with Gasteiger partial charge in [0.1, 0.15) is 11.0 Å². The highest BCUT2D eigenvalue weighted by molar-refractivity contribution is 7.83. The number of benzene rings is 3. The fourth-order valence-electron chi connectivity index (χ4n) is 4.04. The molecule has 0 aromatic heterocycles. The molecular weight excluding hydrogens is 422 g/mol. The van der Waals surface area contributed by atoms with Gasteiger partial charge in [-0.1, -0.05) is 36.4 Å². The van der Waals surface area contributed by atoms with Crippen molar-refractivity contribution in [2.45, 2.75) is 37.6 Å². The van der Waals surface area contributed by atoms with Crippen molar-refractivity contribution in [2.75, 3.05) is 18.4 Å². The Labute approximate surface area is 190 Å². The van der Waals surface area contributed by atoms with Crippen molar-refractivity contribution in [3.05, 3.63) is 71.3 Å². The second-order valence-electron chi connectivity index (χ2n) is 8.16. The lowest BCUT2D eigenvalue weighted by atomic mass is 10.0. The number of aryl methyl sites for hydroxylation is 1. The number of nitrogens with one attached hydrogen (secondary N) is 2. The highest BCUT2D eigenvalue weighted by Gasteiger charge is 2.22. The summed E-state index contributed by atoms with van der Waals surface area (Å²) in [6, 6.07) is 17.0. The van der Waals surface area contributed by atoms with Gasteiger partial charge >= 0.3 is 0 Å². The summed E-state index contributed by atoms with van der Waals surface area (Å²) >= 11 is 0. The van der Waals surface area contributed by atoms with Crippen LogP contribution in [0.2, 0.25) is 0 Å². The Balaban J connectivity index is 1.59. The third kappa shape index (κ3) is 4.59. The maximum absolute atomic E-state index is 13.1. The molecular formula is C25H27N3O3S. The summed E-state index contributed by atoms with van der Waals surface area (Å²) in [5.74, 6) is -0.193. The standard InChI is InChI=1S/C25H27N3O3S/c1-17-6-5-9-23(18(17)2)26-25(30)22-10-11-24(21-8-4-3-7-20(21)22)32(31)27-19-12-14-28(16-29)15-13-19/h3-11,16,19,27H,12-15H2,1-2H3,(H,26,30). The van der Waals surface area contributed by atoms with Crippen molar-refractivity contribution >= 4 is 39.8 Å². The molecule has 0 aliphatic carbocycles. The Bertz CT molecular complexity index is 1190. The topological polar surface area (TPSA) is 78.5 Å². The van der Waals surface area contributed by atoms with Gasteiger partial charge < -0.3 is 10.2 Å². The number of hydrogen-bond acceptors (Lipinski definition) is 3. The average molecular weight is 450 g/mol. The first-order chi connectivity index (χ1) is 15.5. The van der Waals surface area contributed by atoms with Gasteiger partial charge in [0.05, 0.1) is 4.90 Å². The van der Waals surface area contributed by atoms with E-state index < -0.39 is 11.0 Å². The molecule has 1 aliphatic heterocycles. The molecule has 1 unspecified atom stereocenters. The summed E-state index contributed by atoms with van der Waals surface area (Å²) in [4.78, 5) is 26.4. The van der Waals surface area contributed by atoms with Crippen LogP contribution in [0.5, 0.6) is 0 Å². The van der Waals surface area contributed by atoms with Crippen molar-refractivity contribution in [3.63, 3.8) is 0 Å². The quantitative estimate of drug-likeness (QED) is 0.560. The maximum Gasteiger partial charge on any atom is 0.256 e. The molecule has 1 aliphatic rings. The number of anilines is 1. The van der Waals surface area contributed by atoms with Gasteiger partial charge in [0.25, 0.3) is 5.91 Å². The summed E-state index contributed by atoms with van der Waals surface area (Å²) in [6.07, 6.45) is 2.39. The number of piperidine rings is 1. The van der Waals surface area contributed by atoms with Crippen LogP contribution in [0.15, 0.2) is 59.5 Å². The van der Waals surface area contributed by atoms with Gasteiger partial charge in [-0.25, -0.2) is 8.93 Å². The number of carbonyl (C=O) groups is 2. The van der Waals surface area contributed by atoms with E-state index in [0.717, 1.165) is 46.8 Å². The van der Waals surface area contributed by atoms with E-state index in [2.05, 4.69) is 10.0 Å². The van der Waals surface area contributed by atoms with E-state index in [4.69, 9.17) is 0 Å². The highest BCUT2D eigenvalue weighted by atomic mass is 32.2. The first-order valence-electron chi connectivity index (χ1n) is 10.7. The Morgan fingerprint density at radius 2 is 1.72 bits per heavy atom. The van der Waals surface area contributed by atoms with Crippen LogP contribution < -0.4 is 10.0 Å². The van der Waals surface area contributed by atoms with Crippen LogP contribution in [0.4, 0.5) is 5.69 Å². The zero-order chi connectivity index (χ0) is 22.7. The predicted molar refractivity (Wildman–Crippen MR) is 128 cm³/mol. The second kappa shape index (κ2) is 9.63. The number of nitrogens with zero attached hydrogens (tertiary/aromatic N) is 1. The molecule has 1 heterocycles. The first kappa shape index (κ1) is 22.2. The molecule has 0 bridgehead atoms. The Hall–Kier alpha value is -3.03. The molecule has 1 saturated heterocycles. The lowest BCUT2D eigenvalue weighted by Gasteiger charge is -2.29. The largest absolute Gasteiger partial charge is 0.345 e. The van der Waals surface area contributed by atoms with Crippen LogP contribution in [0.25, 0.3) is 10.8 Å². The molecule has 7 heteroatoms. The van der Waals surface area contributed by atoms with Crippen LogP contribution in [-0.4, -0.2) is 40.6 Å². The second-order valence-corrected chi connectivity index (χ2v) is 9.37. The van der Waals surface area contributed by atoms with E-state index in [1.807, 2.05) is 56.3 Å². The van der Waals surface area contributed by atoms with Gasteiger partial charge in [-0.2, -0.15) is 0 Å². The number of amides is 2. The Kier molecular flexibility index (Phi) is 6.67. The number of hydrogen-bond donors (Lipinski definition) is 2. The minimum atomic E-state index is -1.42. The molecule has 3 aromatic rings. The van der Waals surface area contributed by atoms with Crippen LogP contribution in [0, 0.1) is 13.8 Å². The molecule has 166 valence electrons. The molecule has 0 radical (unpaired) electrons. The van der Waals surface area contributed by atoms with E-state index in [1.54, 1.807) is 17.0 Å². The molecule has 4 rings (SSSR count). The summed E-state index contributed by atoms with van der Waals surface area (Å²) in [6.45, 7) is 5.33. The van der Waals surface area contributed by atoms with E-state index in [-0.39, 0.29) is 11.9 Å². The van der Waals surface area contributed by atoms with Crippen LogP contribution in [0.3, 0.4) is 0 Å². The normalized spacial score (nSPS) is 15.5. The van der Waals surface area contributed by atoms with Crippen molar-refractivity contribution in [2.24, 2.45) is 0 Å². The zero-order valence-corrected chi connectivity index (χ0v) is 19.1. The van der Waals surface area contributed by atoms with Crippen molar-refractivity contribution < 1.29 is 13.8 Å². The van der Waals surface area contributed by atoms with E-state index in [0.29, 0.717) is 23.5 Å². The van der Waals surface area contributed by atoms with Crippen LogP contribution in [0.1, 0.15) is 34.3 Å². The zero-order valence-electron chi connectivity index (χ0n) is 18.3. The summed E-state index contributed by atoms with van der Waals surface area (Å²) in [5, 5.41) is 4.57. The molecule has 0 spiro atoms. The first-order valence-corrected chi connectivity index (χ1v) is 11.9. The third-order valence-electron chi connectivity index (χ3n) is 6.13. The van der Waals surface area contributed by atoms with E-state index >= 15 is 0 Å². The van der Waals surface area contributed by atoms with Crippen LogP contribution in [-0.2, 0) is 15.8 Å². The molecule has 6 nitrogen and oxygen atoms in total. The smallest absolute Gasteiger partial charge is 0.256 e. The van der Waals surface area contributed by atoms with E-state index in [9.17, 15) is 13.8 Å². The average Bonchev–Trinajstić information content (AvgIpc) is 2.81. The summed E-state index contributed by atoms with van der Waals surface area (Å²) in [7, 11) is -1.42. The molecule has 2 amide bonds. The minimum Gasteiger partial charge on any atom is -0.345 e. The van der Waals surface area contributed by atoms with Gasteiger partial charge in [-0.05, 0) is 66.8 Å². The maximum atomic E-state index is 13.1. The molecule has 1 fully saturated rings. The lowest BCUT2D eigenvalue weighted by Crippen LogP contribution is -2.42. The van der Waals surface area contributed by atoms with Gasteiger partial charge in [0, 0.05) is 30.4 Å². The summed E-state index contributed by atoms with van der Waals surface area (Å²) in [5.41, 5.74) is 3.48. The fraction of sp³-hybridized carbons (Fsp3) is 0.280. The third-order valence-corrected chi connectivity index (χ3v) is 7.44. The van der Waals surface area contributed by atoms with Gasteiger partial charge in [0.2, 0.25) is 6.41 Å². The lowest BCUT2D eigenvalue weighted by molar-refractivity contribution is -0.119.